The molecule has 2 aromatic rings. The standard InChI is InChI=1S/C22H27FN2O3/c1-13(2)20(25-21(26)16-8-6-7-9-18(16)23)22(27)24-15(4)17-12-14(3)10-11-19(17)28-5/h6-13,15,20H,1-5H3,(H,24,27)(H,25,26). The van der Waals surface area contributed by atoms with Crippen molar-refractivity contribution in [1.29, 1.82) is 0 Å². The third-order valence-electron chi connectivity index (χ3n) is 4.56. The summed E-state index contributed by atoms with van der Waals surface area (Å²) in [5.74, 6) is -1.08. The number of halogens is 1. The van der Waals surface area contributed by atoms with Gasteiger partial charge in [0.05, 0.1) is 18.7 Å². The number of rotatable bonds is 7. The predicted octanol–water partition coefficient (Wildman–Crippen LogP) is 3.77. The summed E-state index contributed by atoms with van der Waals surface area (Å²) in [5, 5.41) is 5.57. The lowest BCUT2D eigenvalue weighted by Crippen LogP contribution is -2.50. The molecule has 150 valence electrons. The summed E-state index contributed by atoms with van der Waals surface area (Å²) in [6, 6.07) is 10.3. The van der Waals surface area contributed by atoms with Crippen molar-refractivity contribution in [2.45, 2.75) is 39.8 Å². The summed E-state index contributed by atoms with van der Waals surface area (Å²) in [7, 11) is 1.58. The third kappa shape index (κ3) is 5.09. The van der Waals surface area contributed by atoms with Gasteiger partial charge in [0.1, 0.15) is 17.6 Å². The van der Waals surface area contributed by atoms with Crippen LogP contribution in [-0.4, -0.2) is 25.0 Å². The highest BCUT2D eigenvalue weighted by atomic mass is 19.1. The monoisotopic (exact) mass is 386 g/mol. The van der Waals surface area contributed by atoms with Gasteiger partial charge in [0.25, 0.3) is 5.91 Å². The van der Waals surface area contributed by atoms with Crippen LogP contribution in [0.4, 0.5) is 4.39 Å². The Morgan fingerprint density at radius 2 is 1.71 bits per heavy atom. The van der Waals surface area contributed by atoms with Crippen LogP contribution in [0.15, 0.2) is 42.5 Å². The lowest BCUT2D eigenvalue weighted by Gasteiger charge is -2.25. The SMILES string of the molecule is COc1ccc(C)cc1C(C)NC(=O)C(NC(=O)c1ccccc1F)C(C)C. The lowest BCUT2D eigenvalue weighted by molar-refractivity contribution is -0.124. The molecule has 5 nitrogen and oxygen atoms in total. The Labute approximate surface area is 165 Å². The number of benzene rings is 2. The maximum absolute atomic E-state index is 13.9. The second-order valence-corrected chi connectivity index (χ2v) is 7.15. The summed E-state index contributed by atoms with van der Waals surface area (Å²) < 4.78 is 19.3. The van der Waals surface area contributed by atoms with E-state index in [1.807, 2.05) is 45.9 Å². The topological polar surface area (TPSA) is 67.4 Å². The van der Waals surface area contributed by atoms with Crippen LogP contribution in [0.3, 0.4) is 0 Å². The van der Waals surface area contributed by atoms with Gasteiger partial charge in [-0.05, 0) is 38.0 Å². The second-order valence-electron chi connectivity index (χ2n) is 7.15. The lowest BCUT2D eigenvalue weighted by atomic mass is 10.0. The summed E-state index contributed by atoms with van der Waals surface area (Å²) in [6.07, 6.45) is 0. The van der Waals surface area contributed by atoms with Gasteiger partial charge in [0, 0.05) is 5.56 Å². The van der Waals surface area contributed by atoms with Crippen molar-refractivity contribution >= 4 is 11.8 Å². The summed E-state index contributed by atoms with van der Waals surface area (Å²) >= 11 is 0. The Kier molecular flexibility index (Phi) is 7.15. The summed E-state index contributed by atoms with van der Waals surface area (Å²) in [6.45, 7) is 7.46. The van der Waals surface area contributed by atoms with Crippen LogP contribution in [0, 0.1) is 18.7 Å². The quantitative estimate of drug-likeness (QED) is 0.761. The van der Waals surface area contributed by atoms with Crippen molar-refractivity contribution in [2.75, 3.05) is 7.11 Å². The zero-order valence-corrected chi connectivity index (χ0v) is 16.9. The molecule has 0 bridgehead atoms. The second kappa shape index (κ2) is 9.35. The van der Waals surface area contributed by atoms with Gasteiger partial charge >= 0.3 is 0 Å². The normalized spacial score (nSPS) is 13.0. The van der Waals surface area contributed by atoms with E-state index in [0.717, 1.165) is 11.1 Å². The number of methoxy groups -OCH3 is 1. The van der Waals surface area contributed by atoms with E-state index < -0.39 is 17.8 Å². The number of carbonyl (C=O) groups excluding carboxylic acids is 2. The van der Waals surface area contributed by atoms with E-state index in [1.165, 1.54) is 18.2 Å². The maximum atomic E-state index is 13.9. The predicted molar refractivity (Wildman–Crippen MR) is 107 cm³/mol. The fraction of sp³-hybridized carbons (Fsp3) is 0.364. The molecular weight excluding hydrogens is 359 g/mol. The molecule has 0 spiro atoms. The molecule has 0 aliphatic heterocycles. The van der Waals surface area contributed by atoms with E-state index in [-0.39, 0.29) is 23.4 Å². The van der Waals surface area contributed by atoms with Crippen LogP contribution >= 0.6 is 0 Å². The van der Waals surface area contributed by atoms with Gasteiger partial charge in [-0.15, -0.1) is 0 Å². The molecule has 0 aliphatic carbocycles. The van der Waals surface area contributed by atoms with Gasteiger partial charge < -0.3 is 15.4 Å². The van der Waals surface area contributed by atoms with Crippen LogP contribution in [0.5, 0.6) is 5.75 Å². The maximum Gasteiger partial charge on any atom is 0.254 e. The molecule has 0 saturated carbocycles. The Morgan fingerprint density at radius 3 is 2.32 bits per heavy atom. The Balaban J connectivity index is 2.16. The molecule has 2 rings (SSSR count). The van der Waals surface area contributed by atoms with Gasteiger partial charge in [-0.1, -0.05) is 43.7 Å². The van der Waals surface area contributed by atoms with Gasteiger partial charge in [0.2, 0.25) is 5.91 Å². The minimum Gasteiger partial charge on any atom is -0.496 e. The summed E-state index contributed by atoms with van der Waals surface area (Å²) in [5.41, 5.74) is 1.80. The third-order valence-corrected chi connectivity index (χ3v) is 4.56. The molecular formula is C22H27FN2O3. The molecule has 0 heterocycles. The highest BCUT2D eigenvalue weighted by molar-refractivity contribution is 5.97. The van der Waals surface area contributed by atoms with Crippen molar-refractivity contribution in [3.63, 3.8) is 0 Å². The molecule has 0 radical (unpaired) electrons. The van der Waals surface area contributed by atoms with E-state index in [1.54, 1.807) is 13.2 Å². The first-order valence-corrected chi connectivity index (χ1v) is 9.25. The van der Waals surface area contributed by atoms with Crippen molar-refractivity contribution in [3.05, 3.63) is 65.0 Å². The number of amides is 2. The minimum absolute atomic E-state index is 0.0886. The zero-order chi connectivity index (χ0) is 20.8. The average molecular weight is 386 g/mol. The Morgan fingerprint density at radius 1 is 1.04 bits per heavy atom. The van der Waals surface area contributed by atoms with Crippen molar-refractivity contribution < 1.29 is 18.7 Å². The van der Waals surface area contributed by atoms with Crippen molar-refractivity contribution in [2.24, 2.45) is 5.92 Å². The Hall–Kier alpha value is -2.89. The largest absolute Gasteiger partial charge is 0.496 e. The molecule has 2 amide bonds. The molecule has 2 unspecified atom stereocenters. The minimum atomic E-state index is -0.801. The van der Waals surface area contributed by atoms with E-state index >= 15 is 0 Å². The first kappa shape index (κ1) is 21.4. The molecule has 2 atom stereocenters. The number of hydrogen-bond acceptors (Lipinski definition) is 3. The van der Waals surface area contributed by atoms with E-state index in [9.17, 15) is 14.0 Å². The number of ether oxygens (including phenoxy) is 1. The first-order chi connectivity index (χ1) is 13.2. The fourth-order valence-corrected chi connectivity index (χ4v) is 2.97. The average Bonchev–Trinajstić information content (AvgIpc) is 2.65. The molecule has 0 aliphatic rings. The molecule has 2 aromatic carbocycles. The smallest absolute Gasteiger partial charge is 0.254 e. The number of nitrogens with one attached hydrogen (secondary N) is 2. The van der Waals surface area contributed by atoms with Gasteiger partial charge in [-0.3, -0.25) is 9.59 Å². The van der Waals surface area contributed by atoms with E-state index in [0.29, 0.717) is 5.75 Å². The van der Waals surface area contributed by atoms with Crippen LogP contribution in [-0.2, 0) is 4.79 Å². The number of aryl methyl sites for hydroxylation is 1. The van der Waals surface area contributed by atoms with Crippen molar-refractivity contribution in [3.8, 4) is 5.75 Å². The molecule has 6 heteroatoms. The highest BCUT2D eigenvalue weighted by Gasteiger charge is 2.27. The van der Waals surface area contributed by atoms with Gasteiger partial charge in [-0.25, -0.2) is 4.39 Å². The molecule has 0 saturated heterocycles. The number of carbonyl (C=O) groups is 2. The first-order valence-electron chi connectivity index (χ1n) is 9.25. The molecule has 2 N–H and O–H groups in total. The Bertz CT molecular complexity index is 851. The molecule has 0 fully saturated rings. The van der Waals surface area contributed by atoms with E-state index in [2.05, 4.69) is 10.6 Å². The molecule has 0 aromatic heterocycles. The van der Waals surface area contributed by atoms with E-state index in [4.69, 9.17) is 4.74 Å². The number of hydrogen-bond donors (Lipinski definition) is 2. The van der Waals surface area contributed by atoms with Crippen LogP contribution in [0.1, 0.15) is 48.3 Å². The van der Waals surface area contributed by atoms with Crippen LogP contribution in [0.25, 0.3) is 0 Å². The highest BCUT2D eigenvalue weighted by Crippen LogP contribution is 2.26. The van der Waals surface area contributed by atoms with Crippen molar-refractivity contribution in [1.82, 2.24) is 10.6 Å². The summed E-state index contributed by atoms with van der Waals surface area (Å²) in [4.78, 5) is 25.3. The van der Waals surface area contributed by atoms with Gasteiger partial charge in [0.15, 0.2) is 0 Å². The van der Waals surface area contributed by atoms with Crippen LogP contribution in [0.2, 0.25) is 0 Å². The van der Waals surface area contributed by atoms with Gasteiger partial charge in [-0.2, -0.15) is 0 Å². The molecule has 28 heavy (non-hydrogen) atoms. The fourth-order valence-electron chi connectivity index (χ4n) is 2.97. The van der Waals surface area contributed by atoms with Crippen LogP contribution < -0.4 is 15.4 Å². The zero-order valence-electron chi connectivity index (χ0n) is 16.9.